The Bertz CT molecular complexity index is 782. The molecule has 0 spiro atoms. The largest absolute Gasteiger partial charge is 0.455 e. The molecule has 0 unspecified atom stereocenters. The van der Waals surface area contributed by atoms with Gasteiger partial charge in [0.15, 0.2) is 17.6 Å². The van der Waals surface area contributed by atoms with Crippen molar-refractivity contribution in [2.45, 2.75) is 58.4 Å². The summed E-state index contributed by atoms with van der Waals surface area (Å²) in [5.74, 6) is 0.201. The lowest BCUT2D eigenvalue weighted by Gasteiger charge is -2.30. The number of benzene rings is 1. The quantitative estimate of drug-likeness (QED) is 0.472. The van der Waals surface area contributed by atoms with Crippen LogP contribution in [-0.4, -0.2) is 56.0 Å². The predicted octanol–water partition coefficient (Wildman–Crippen LogP) is 3.25. The highest BCUT2D eigenvalue weighted by molar-refractivity contribution is 7.99. The van der Waals surface area contributed by atoms with Gasteiger partial charge in [-0.05, 0) is 34.6 Å². The zero-order valence-electron chi connectivity index (χ0n) is 17.1. The number of nitrogens with zero attached hydrogens (tertiary/aromatic N) is 4. The first kappa shape index (κ1) is 21.9. The summed E-state index contributed by atoms with van der Waals surface area (Å²) in [7, 11) is 0. The van der Waals surface area contributed by atoms with Gasteiger partial charge in [-0.25, -0.2) is 0 Å². The molecule has 1 aromatic carbocycles. The van der Waals surface area contributed by atoms with Crippen molar-refractivity contribution in [3.05, 3.63) is 30.3 Å². The lowest BCUT2D eigenvalue weighted by Crippen LogP contribution is -2.44. The molecule has 2 rings (SSSR count). The summed E-state index contributed by atoms with van der Waals surface area (Å²) < 4.78 is 7.12. The van der Waals surface area contributed by atoms with E-state index in [2.05, 4.69) is 10.2 Å². The summed E-state index contributed by atoms with van der Waals surface area (Å²) in [5, 5.41) is 9.10. The van der Waals surface area contributed by atoms with Gasteiger partial charge in [0.25, 0.3) is 5.91 Å². The van der Waals surface area contributed by atoms with Crippen LogP contribution in [0.1, 0.15) is 34.6 Å². The SMILES string of the molecule is CCn1c(SCC(=O)OCC(=O)N(C(C)C)C(C)C)nnc1-c1ccccc1. The molecule has 0 saturated carbocycles. The van der Waals surface area contributed by atoms with Crippen LogP contribution in [0.25, 0.3) is 11.4 Å². The Labute approximate surface area is 170 Å². The van der Waals surface area contributed by atoms with E-state index in [1.165, 1.54) is 11.8 Å². The number of carbonyl (C=O) groups excluding carboxylic acids is 2. The highest BCUT2D eigenvalue weighted by atomic mass is 32.2. The molecular formula is C20H28N4O3S. The van der Waals surface area contributed by atoms with Crippen molar-refractivity contribution >= 4 is 23.6 Å². The van der Waals surface area contributed by atoms with Gasteiger partial charge in [-0.1, -0.05) is 42.1 Å². The maximum absolute atomic E-state index is 12.3. The van der Waals surface area contributed by atoms with E-state index in [1.807, 2.05) is 69.5 Å². The minimum Gasteiger partial charge on any atom is -0.455 e. The van der Waals surface area contributed by atoms with Gasteiger partial charge in [0.1, 0.15) is 0 Å². The molecule has 1 aromatic heterocycles. The fraction of sp³-hybridized carbons (Fsp3) is 0.500. The molecule has 7 nitrogen and oxygen atoms in total. The highest BCUT2D eigenvalue weighted by Gasteiger charge is 2.21. The lowest BCUT2D eigenvalue weighted by atomic mass is 10.2. The van der Waals surface area contributed by atoms with Crippen LogP contribution in [0.3, 0.4) is 0 Å². The average Bonchev–Trinajstić information content (AvgIpc) is 3.07. The van der Waals surface area contributed by atoms with E-state index in [-0.39, 0.29) is 30.4 Å². The number of ether oxygens (including phenoxy) is 1. The van der Waals surface area contributed by atoms with Crippen LogP contribution in [0.15, 0.2) is 35.5 Å². The standard InChI is InChI=1S/C20H28N4O3S/c1-6-23-19(16-10-8-7-9-11-16)21-22-20(23)28-13-18(26)27-12-17(25)24(14(2)3)15(4)5/h7-11,14-15H,6,12-13H2,1-5H3. The Morgan fingerprint density at radius 1 is 1.11 bits per heavy atom. The fourth-order valence-electron chi connectivity index (χ4n) is 3.04. The first-order chi connectivity index (χ1) is 13.3. The van der Waals surface area contributed by atoms with Gasteiger partial charge in [-0.2, -0.15) is 0 Å². The third-order valence-electron chi connectivity index (χ3n) is 4.14. The monoisotopic (exact) mass is 404 g/mol. The van der Waals surface area contributed by atoms with Crippen molar-refractivity contribution in [2.24, 2.45) is 0 Å². The molecular weight excluding hydrogens is 376 g/mol. The van der Waals surface area contributed by atoms with Gasteiger partial charge in [0.05, 0.1) is 5.75 Å². The molecule has 0 aliphatic rings. The molecule has 0 aliphatic carbocycles. The Morgan fingerprint density at radius 3 is 2.32 bits per heavy atom. The van der Waals surface area contributed by atoms with Crippen molar-refractivity contribution in [3.8, 4) is 11.4 Å². The van der Waals surface area contributed by atoms with Crippen molar-refractivity contribution in [2.75, 3.05) is 12.4 Å². The second kappa shape index (κ2) is 10.3. The second-order valence-corrected chi connectivity index (χ2v) is 7.80. The number of thioether (sulfide) groups is 1. The van der Waals surface area contributed by atoms with Gasteiger partial charge < -0.3 is 14.2 Å². The predicted molar refractivity (Wildman–Crippen MR) is 110 cm³/mol. The maximum Gasteiger partial charge on any atom is 0.316 e. The number of hydrogen-bond donors (Lipinski definition) is 0. The van der Waals surface area contributed by atoms with Crippen molar-refractivity contribution in [1.29, 1.82) is 0 Å². The number of hydrogen-bond acceptors (Lipinski definition) is 6. The summed E-state index contributed by atoms with van der Waals surface area (Å²) in [6.07, 6.45) is 0. The van der Waals surface area contributed by atoms with E-state index in [0.29, 0.717) is 11.7 Å². The summed E-state index contributed by atoms with van der Waals surface area (Å²) in [6, 6.07) is 9.90. The lowest BCUT2D eigenvalue weighted by molar-refractivity contribution is -0.151. The molecule has 2 aromatic rings. The van der Waals surface area contributed by atoms with E-state index in [4.69, 9.17) is 4.74 Å². The Hall–Kier alpha value is -2.35. The molecule has 0 saturated heterocycles. The number of rotatable bonds is 9. The normalized spacial score (nSPS) is 11.1. The minimum atomic E-state index is -0.447. The zero-order chi connectivity index (χ0) is 20.7. The van der Waals surface area contributed by atoms with Gasteiger partial charge in [0.2, 0.25) is 0 Å². The van der Waals surface area contributed by atoms with E-state index in [9.17, 15) is 9.59 Å². The summed E-state index contributed by atoms with van der Waals surface area (Å²) in [4.78, 5) is 26.1. The Morgan fingerprint density at radius 2 is 1.75 bits per heavy atom. The molecule has 0 radical (unpaired) electrons. The Balaban J connectivity index is 1.93. The molecule has 152 valence electrons. The first-order valence-electron chi connectivity index (χ1n) is 9.43. The molecule has 0 atom stereocenters. The number of amides is 1. The number of esters is 1. The van der Waals surface area contributed by atoms with Gasteiger partial charge in [-0.15, -0.1) is 10.2 Å². The van der Waals surface area contributed by atoms with Crippen LogP contribution in [0.4, 0.5) is 0 Å². The molecule has 28 heavy (non-hydrogen) atoms. The molecule has 1 heterocycles. The van der Waals surface area contributed by atoms with Crippen LogP contribution in [-0.2, 0) is 20.9 Å². The van der Waals surface area contributed by atoms with Crippen LogP contribution in [0.5, 0.6) is 0 Å². The van der Waals surface area contributed by atoms with Crippen molar-refractivity contribution in [1.82, 2.24) is 19.7 Å². The summed E-state index contributed by atoms with van der Waals surface area (Å²) in [5.41, 5.74) is 0.972. The first-order valence-corrected chi connectivity index (χ1v) is 10.4. The molecule has 0 fully saturated rings. The molecule has 0 aliphatic heterocycles. The van der Waals surface area contributed by atoms with Gasteiger partial charge in [-0.3, -0.25) is 9.59 Å². The molecule has 0 bridgehead atoms. The summed E-state index contributed by atoms with van der Waals surface area (Å²) >= 11 is 1.26. The van der Waals surface area contributed by atoms with Crippen LogP contribution in [0.2, 0.25) is 0 Å². The molecule has 0 N–H and O–H groups in total. The van der Waals surface area contributed by atoms with Crippen LogP contribution in [0, 0.1) is 0 Å². The molecule has 8 heteroatoms. The average molecular weight is 405 g/mol. The van der Waals surface area contributed by atoms with E-state index >= 15 is 0 Å². The smallest absolute Gasteiger partial charge is 0.316 e. The third-order valence-corrected chi connectivity index (χ3v) is 5.08. The van der Waals surface area contributed by atoms with Crippen molar-refractivity contribution < 1.29 is 14.3 Å². The third kappa shape index (κ3) is 5.58. The van der Waals surface area contributed by atoms with E-state index < -0.39 is 5.97 Å². The second-order valence-electron chi connectivity index (χ2n) is 6.85. The summed E-state index contributed by atoms with van der Waals surface area (Å²) in [6.45, 7) is 10.2. The fourth-order valence-corrected chi connectivity index (χ4v) is 3.84. The van der Waals surface area contributed by atoms with E-state index in [0.717, 1.165) is 11.4 Å². The van der Waals surface area contributed by atoms with Crippen LogP contribution < -0.4 is 0 Å². The topological polar surface area (TPSA) is 77.3 Å². The Kier molecular flexibility index (Phi) is 8.04. The number of aromatic nitrogens is 3. The highest BCUT2D eigenvalue weighted by Crippen LogP contribution is 2.23. The maximum atomic E-state index is 12.3. The van der Waals surface area contributed by atoms with Crippen LogP contribution >= 0.6 is 11.8 Å². The minimum absolute atomic E-state index is 0.0556. The van der Waals surface area contributed by atoms with Gasteiger partial charge in [0, 0.05) is 24.2 Å². The van der Waals surface area contributed by atoms with E-state index in [1.54, 1.807) is 4.90 Å². The number of carbonyl (C=O) groups is 2. The molecule has 1 amide bonds. The van der Waals surface area contributed by atoms with Gasteiger partial charge >= 0.3 is 5.97 Å². The zero-order valence-corrected chi connectivity index (χ0v) is 17.9. The van der Waals surface area contributed by atoms with Crippen molar-refractivity contribution in [3.63, 3.8) is 0 Å².